The lowest BCUT2D eigenvalue weighted by atomic mass is 9.80. The summed E-state index contributed by atoms with van der Waals surface area (Å²) in [5.74, 6) is 0.998. The zero-order valence-corrected chi connectivity index (χ0v) is 15.2. The normalized spacial score (nSPS) is 33.7. The molecule has 114 valence electrons. The van der Waals surface area contributed by atoms with Gasteiger partial charge in [-0.15, -0.1) is 0 Å². The van der Waals surface area contributed by atoms with Crippen LogP contribution in [0.3, 0.4) is 0 Å². The van der Waals surface area contributed by atoms with Crippen LogP contribution in [-0.4, -0.2) is 9.52 Å². The van der Waals surface area contributed by atoms with Crippen LogP contribution in [0.25, 0.3) is 0 Å². The van der Waals surface area contributed by atoms with E-state index in [1.54, 1.807) is 5.57 Å². The van der Waals surface area contributed by atoms with Crippen molar-refractivity contribution in [1.82, 2.24) is 0 Å². The van der Waals surface area contributed by atoms with Gasteiger partial charge in [0.05, 0.1) is 0 Å². The minimum atomic E-state index is -0.172. The first-order chi connectivity index (χ1) is 10.2. The molecule has 3 aliphatic carbocycles. The minimum absolute atomic E-state index is 0.172. The third-order valence-electron chi connectivity index (χ3n) is 5.77. The van der Waals surface area contributed by atoms with Gasteiger partial charge in [0.1, 0.15) is 0 Å². The Hall–Kier alpha value is -0.823. The second kappa shape index (κ2) is 6.52. The molecular formula is C20H30Si. The third kappa shape index (κ3) is 3.69. The van der Waals surface area contributed by atoms with Crippen molar-refractivity contribution < 1.29 is 0 Å². The molecule has 0 N–H and O–H groups in total. The van der Waals surface area contributed by atoms with Gasteiger partial charge >= 0.3 is 0 Å². The lowest BCUT2D eigenvalue weighted by molar-refractivity contribution is 0.313. The minimum Gasteiger partial charge on any atom is -0.0840 e. The van der Waals surface area contributed by atoms with E-state index in [1.807, 2.05) is 0 Å². The van der Waals surface area contributed by atoms with E-state index in [2.05, 4.69) is 50.3 Å². The summed E-state index contributed by atoms with van der Waals surface area (Å²) >= 11 is 0. The van der Waals surface area contributed by atoms with E-state index in [4.69, 9.17) is 0 Å². The molecule has 1 fully saturated rings. The molecule has 0 heterocycles. The van der Waals surface area contributed by atoms with Crippen LogP contribution < -0.4 is 0 Å². The SMILES string of the molecule is CC1=CC([SiH2]C2(CC3CCCCC3)C=CC=CC2)C(C)=C1. The zero-order valence-electron chi connectivity index (χ0n) is 13.8. The van der Waals surface area contributed by atoms with Gasteiger partial charge in [0, 0.05) is 9.52 Å². The number of allylic oxidation sites excluding steroid dienone is 8. The van der Waals surface area contributed by atoms with Crippen molar-refractivity contribution in [3.05, 3.63) is 47.6 Å². The van der Waals surface area contributed by atoms with Gasteiger partial charge in [-0.3, -0.25) is 0 Å². The fourth-order valence-electron chi connectivity index (χ4n) is 4.68. The maximum absolute atomic E-state index is 2.60. The monoisotopic (exact) mass is 298 g/mol. The van der Waals surface area contributed by atoms with E-state index in [0.29, 0.717) is 5.04 Å². The Morgan fingerprint density at radius 2 is 1.95 bits per heavy atom. The molecule has 2 atom stereocenters. The lowest BCUT2D eigenvalue weighted by Crippen LogP contribution is -2.26. The molecule has 0 aromatic carbocycles. The third-order valence-corrected chi connectivity index (χ3v) is 8.72. The van der Waals surface area contributed by atoms with Crippen LogP contribution in [0.4, 0.5) is 0 Å². The molecule has 1 heteroatoms. The van der Waals surface area contributed by atoms with E-state index in [0.717, 1.165) is 11.5 Å². The molecule has 0 radical (unpaired) electrons. The second-order valence-corrected chi connectivity index (χ2v) is 10.4. The summed E-state index contributed by atoms with van der Waals surface area (Å²) in [6.45, 7) is 4.61. The van der Waals surface area contributed by atoms with Crippen molar-refractivity contribution in [2.75, 3.05) is 0 Å². The highest BCUT2D eigenvalue weighted by atomic mass is 28.2. The highest BCUT2D eigenvalue weighted by Crippen LogP contribution is 2.48. The predicted octanol–water partition coefficient (Wildman–Crippen LogP) is 5.50. The maximum Gasteiger partial charge on any atom is 0.0451 e. The summed E-state index contributed by atoms with van der Waals surface area (Å²) in [6.07, 6.45) is 24.8. The molecule has 3 rings (SSSR count). The van der Waals surface area contributed by atoms with E-state index < -0.39 is 0 Å². The molecule has 0 saturated heterocycles. The van der Waals surface area contributed by atoms with Gasteiger partial charge in [-0.05, 0) is 43.2 Å². The Labute approximate surface area is 132 Å². The molecule has 2 unspecified atom stereocenters. The molecule has 1 saturated carbocycles. The van der Waals surface area contributed by atoms with Gasteiger partial charge in [-0.2, -0.15) is 0 Å². The average molecular weight is 299 g/mol. The standard InChI is InChI=1S/C20H30Si/c1-16-13-17(2)19(14-16)21-20(11-7-4-8-12-20)15-18-9-5-3-6-10-18/h4,7-8,11,13-14,18-19H,3,5-6,9-10,12,15,21H2,1-2H3. The Morgan fingerprint density at radius 1 is 1.14 bits per heavy atom. The molecule has 0 aliphatic heterocycles. The molecule has 0 aromatic rings. The van der Waals surface area contributed by atoms with Crippen LogP contribution in [0.1, 0.15) is 58.8 Å². The first-order valence-corrected chi connectivity index (χ1v) is 10.4. The summed E-state index contributed by atoms with van der Waals surface area (Å²) in [5, 5.41) is 0.553. The van der Waals surface area contributed by atoms with Crippen molar-refractivity contribution in [1.29, 1.82) is 0 Å². The zero-order chi connectivity index (χ0) is 14.7. The van der Waals surface area contributed by atoms with Crippen LogP contribution >= 0.6 is 0 Å². The van der Waals surface area contributed by atoms with Crippen LogP contribution in [0, 0.1) is 5.92 Å². The smallest absolute Gasteiger partial charge is 0.0451 e. The molecule has 21 heavy (non-hydrogen) atoms. The van der Waals surface area contributed by atoms with E-state index in [9.17, 15) is 0 Å². The Bertz CT molecular complexity index is 488. The fraction of sp³-hybridized carbons (Fsp3) is 0.600. The Balaban J connectivity index is 1.72. The van der Waals surface area contributed by atoms with E-state index in [1.165, 1.54) is 50.5 Å². The first kappa shape index (κ1) is 15.1. The molecule has 0 aromatic heterocycles. The second-order valence-electron chi connectivity index (χ2n) is 7.67. The van der Waals surface area contributed by atoms with Crippen molar-refractivity contribution in [2.24, 2.45) is 5.92 Å². The summed E-state index contributed by atoms with van der Waals surface area (Å²) in [6, 6.07) is 0. The van der Waals surface area contributed by atoms with E-state index >= 15 is 0 Å². The number of hydrogen-bond donors (Lipinski definition) is 0. The highest BCUT2D eigenvalue weighted by molar-refractivity contribution is 6.45. The predicted molar refractivity (Wildman–Crippen MR) is 96.6 cm³/mol. The molecule has 0 bridgehead atoms. The largest absolute Gasteiger partial charge is 0.0840 e. The lowest BCUT2D eigenvalue weighted by Gasteiger charge is -2.38. The van der Waals surface area contributed by atoms with Gasteiger partial charge in [-0.25, -0.2) is 0 Å². The van der Waals surface area contributed by atoms with Gasteiger partial charge in [0.15, 0.2) is 0 Å². The van der Waals surface area contributed by atoms with Gasteiger partial charge in [0.25, 0.3) is 0 Å². The van der Waals surface area contributed by atoms with Crippen molar-refractivity contribution >= 4 is 9.52 Å². The van der Waals surface area contributed by atoms with Gasteiger partial charge in [0.2, 0.25) is 0 Å². The molecule has 0 amide bonds. The van der Waals surface area contributed by atoms with Crippen LogP contribution in [-0.2, 0) is 0 Å². The first-order valence-electron chi connectivity index (χ1n) is 8.88. The quantitative estimate of drug-likeness (QED) is 0.602. The molecule has 0 spiro atoms. The highest BCUT2D eigenvalue weighted by Gasteiger charge is 2.34. The Kier molecular flexibility index (Phi) is 4.68. The fourth-order valence-corrected chi connectivity index (χ4v) is 7.67. The number of hydrogen-bond acceptors (Lipinski definition) is 0. The van der Waals surface area contributed by atoms with Crippen LogP contribution in [0.5, 0.6) is 0 Å². The molecule has 0 nitrogen and oxygen atoms in total. The Morgan fingerprint density at radius 3 is 2.57 bits per heavy atom. The average Bonchev–Trinajstić information content (AvgIpc) is 2.78. The molecular weight excluding hydrogens is 268 g/mol. The number of rotatable bonds is 4. The van der Waals surface area contributed by atoms with Crippen molar-refractivity contribution in [3.8, 4) is 0 Å². The maximum atomic E-state index is 2.60. The van der Waals surface area contributed by atoms with Gasteiger partial charge in [-0.1, -0.05) is 79.7 Å². The van der Waals surface area contributed by atoms with Crippen LogP contribution in [0.2, 0.25) is 10.6 Å². The summed E-state index contributed by atoms with van der Waals surface area (Å²) < 4.78 is 0. The summed E-state index contributed by atoms with van der Waals surface area (Å²) in [7, 11) is -0.172. The summed E-state index contributed by atoms with van der Waals surface area (Å²) in [4.78, 5) is 0. The summed E-state index contributed by atoms with van der Waals surface area (Å²) in [5.41, 5.74) is 3.93. The topological polar surface area (TPSA) is 0 Å². The van der Waals surface area contributed by atoms with E-state index in [-0.39, 0.29) is 9.52 Å². The van der Waals surface area contributed by atoms with Crippen molar-refractivity contribution in [2.45, 2.75) is 69.4 Å². The van der Waals surface area contributed by atoms with Crippen molar-refractivity contribution in [3.63, 3.8) is 0 Å². The molecule has 3 aliphatic rings. The van der Waals surface area contributed by atoms with Crippen LogP contribution in [0.15, 0.2) is 47.6 Å². The van der Waals surface area contributed by atoms with Gasteiger partial charge < -0.3 is 0 Å².